The molecule has 0 aromatic heterocycles. The molecule has 1 aromatic rings. The average Bonchev–Trinajstić information content (AvgIpc) is 2.40. The Hall–Kier alpha value is -1.75. The maximum atomic E-state index is 12.0. The summed E-state index contributed by atoms with van der Waals surface area (Å²) < 4.78 is 0. The summed E-state index contributed by atoms with van der Waals surface area (Å²) in [5, 5.41) is 11.7. The third-order valence-electron chi connectivity index (χ3n) is 2.61. The first kappa shape index (κ1) is 12.7. The molecule has 0 saturated carbocycles. The van der Waals surface area contributed by atoms with Crippen LogP contribution in [0.15, 0.2) is 35.9 Å². The summed E-state index contributed by atoms with van der Waals surface area (Å²) in [6.07, 6.45) is 2.79. The lowest BCUT2D eigenvalue weighted by Gasteiger charge is -2.13. The van der Waals surface area contributed by atoms with E-state index in [-0.39, 0.29) is 11.5 Å². The zero-order valence-electron chi connectivity index (χ0n) is 9.68. The summed E-state index contributed by atoms with van der Waals surface area (Å²) in [7, 11) is 0. The van der Waals surface area contributed by atoms with Crippen LogP contribution in [0.25, 0.3) is 0 Å². The van der Waals surface area contributed by atoms with E-state index in [4.69, 9.17) is 5.11 Å². The molecule has 94 valence electrons. The van der Waals surface area contributed by atoms with Gasteiger partial charge in [-0.15, -0.1) is 0 Å². The molecule has 2 rings (SSSR count). The van der Waals surface area contributed by atoms with Gasteiger partial charge in [0.05, 0.1) is 11.3 Å². The molecule has 0 atom stereocenters. The van der Waals surface area contributed by atoms with Crippen LogP contribution in [0.3, 0.4) is 0 Å². The number of thioether (sulfide) groups is 1. The third kappa shape index (κ3) is 2.92. The normalized spacial score (nSPS) is 14.8. The number of hydrogen-bond acceptors (Lipinski definition) is 3. The summed E-state index contributed by atoms with van der Waals surface area (Å²) >= 11 is 1.71. The molecule has 1 aromatic carbocycles. The summed E-state index contributed by atoms with van der Waals surface area (Å²) in [4.78, 5) is 23.0. The van der Waals surface area contributed by atoms with Gasteiger partial charge in [-0.05, 0) is 24.3 Å². The van der Waals surface area contributed by atoms with Crippen molar-refractivity contribution in [2.24, 2.45) is 0 Å². The van der Waals surface area contributed by atoms with E-state index >= 15 is 0 Å². The van der Waals surface area contributed by atoms with Crippen molar-refractivity contribution in [2.45, 2.75) is 6.42 Å². The van der Waals surface area contributed by atoms with Crippen LogP contribution >= 0.6 is 11.8 Å². The molecule has 0 fully saturated rings. The quantitative estimate of drug-likeness (QED) is 0.878. The zero-order valence-corrected chi connectivity index (χ0v) is 10.5. The smallest absolute Gasteiger partial charge is 0.337 e. The fraction of sp³-hybridized carbons (Fsp3) is 0.231. The predicted octanol–water partition coefficient (Wildman–Crippen LogP) is 2.39. The number of benzene rings is 1. The van der Waals surface area contributed by atoms with Gasteiger partial charge in [-0.1, -0.05) is 18.2 Å². The van der Waals surface area contributed by atoms with Crippen molar-refractivity contribution in [3.63, 3.8) is 0 Å². The van der Waals surface area contributed by atoms with Crippen molar-refractivity contribution in [2.75, 3.05) is 16.8 Å². The van der Waals surface area contributed by atoms with Crippen LogP contribution in [0.5, 0.6) is 0 Å². The molecule has 0 spiro atoms. The van der Waals surface area contributed by atoms with Crippen LogP contribution in [-0.2, 0) is 4.79 Å². The van der Waals surface area contributed by atoms with Gasteiger partial charge in [0, 0.05) is 11.3 Å². The van der Waals surface area contributed by atoms with E-state index in [2.05, 4.69) is 5.32 Å². The van der Waals surface area contributed by atoms with E-state index in [0.29, 0.717) is 17.0 Å². The van der Waals surface area contributed by atoms with Crippen LogP contribution in [0.1, 0.15) is 16.8 Å². The van der Waals surface area contributed by atoms with Crippen molar-refractivity contribution < 1.29 is 14.7 Å². The zero-order chi connectivity index (χ0) is 13.0. The first-order chi connectivity index (χ1) is 8.68. The Morgan fingerprint density at radius 3 is 2.72 bits per heavy atom. The molecule has 2 N–H and O–H groups in total. The average molecular weight is 263 g/mol. The van der Waals surface area contributed by atoms with Crippen molar-refractivity contribution in [3.05, 3.63) is 41.5 Å². The van der Waals surface area contributed by atoms with E-state index in [9.17, 15) is 9.59 Å². The first-order valence-electron chi connectivity index (χ1n) is 5.59. The second kappa shape index (κ2) is 5.73. The number of carboxylic acid groups (broad SMARTS) is 1. The van der Waals surface area contributed by atoms with E-state index in [1.807, 2.05) is 6.08 Å². The van der Waals surface area contributed by atoms with Crippen molar-refractivity contribution in [1.29, 1.82) is 0 Å². The highest BCUT2D eigenvalue weighted by molar-refractivity contribution is 7.99. The van der Waals surface area contributed by atoms with Gasteiger partial charge in [-0.2, -0.15) is 11.8 Å². The van der Waals surface area contributed by atoms with Gasteiger partial charge in [0.1, 0.15) is 0 Å². The van der Waals surface area contributed by atoms with Crippen LogP contribution < -0.4 is 5.32 Å². The fourth-order valence-electron chi connectivity index (χ4n) is 1.70. The number of carboxylic acids is 1. The van der Waals surface area contributed by atoms with E-state index in [0.717, 1.165) is 12.2 Å². The minimum absolute atomic E-state index is 0.106. The maximum absolute atomic E-state index is 12.0. The Labute approximate surface area is 109 Å². The number of carbonyl (C=O) groups is 2. The number of para-hydroxylation sites is 1. The van der Waals surface area contributed by atoms with Gasteiger partial charge >= 0.3 is 5.97 Å². The molecular formula is C13H13NO3S. The molecule has 18 heavy (non-hydrogen) atoms. The number of aromatic carboxylic acids is 1. The molecule has 1 amide bonds. The summed E-state index contributed by atoms with van der Waals surface area (Å²) in [6, 6.07) is 6.40. The number of amides is 1. The van der Waals surface area contributed by atoms with Gasteiger partial charge in [-0.3, -0.25) is 4.79 Å². The number of rotatable bonds is 3. The molecule has 1 aliphatic heterocycles. The molecule has 4 nitrogen and oxygen atoms in total. The molecule has 1 heterocycles. The number of anilines is 1. The van der Waals surface area contributed by atoms with Crippen LogP contribution in [0, 0.1) is 0 Å². The second-order valence-electron chi connectivity index (χ2n) is 3.88. The van der Waals surface area contributed by atoms with Crippen LogP contribution in [-0.4, -0.2) is 28.5 Å². The Bertz CT molecular complexity index is 511. The fourth-order valence-corrected chi connectivity index (χ4v) is 2.59. The molecule has 0 unspecified atom stereocenters. The van der Waals surface area contributed by atoms with Crippen molar-refractivity contribution in [3.8, 4) is 0 Å². The topological polar surface area (TPSA) is 66.4 Å². The highest BCUT2D eigenvalue weighted by atomic mass is 32.2. The highest BCUT2D eigenvalue weighted by Crippen LogP contribution is 2.20. The lowest BCUT2D eigenvalue weighted by molar-refractivity contribution is -0.112. The van der Waals surface area contributed by atoms with Gasteiger partial charge in [0.15, 0.2) is 0 Å². The molecule has 0 aliphatic carbocycles. The minimum atomic E-state index is -1.04. The van der Waals surface area contributed by atoms with Gasteiger partial charge in [0.2, 0.25) is 0 Å². The first-order valence-corrected chi connectivity index (χ1v) is 6.74. The standard InChI is InChI=1S/C13H13NO3S/c15-12(9-4-3-7-18-8-9)14-11-6-2-1-5-10(11)13(16)17/h1-2,4-6H,3,7-8H2,(H,14,15)(H,16,17). The monoisotopic (exact) mass is 263 g/mol. The Balaban J connectivity index is 2.16. The highest BCUT2D eigenvalue weighted by Gasteiger charge is 2.16. The third-order valence-corrected chi connectivity index (χ3v) is 3.65. The predicted molar refractivity (Wildman–Crippen MR) is 72.1 cm³/mol. The number of hydrogen-bond donors (Lipinski definition) is 2. The second-order valence-corrected chi connectivity index (χ2v) is 4.98. The largest absolute Gasteiger partial charge is 0.478 e. The van der Waals surface area contributed by atoms with Gasteiger partial charge in [-0.25, -0.2) is 4.79 Å². The summed E-state index contributed by atoms with van der Waals surface area (Å²) in [6.45, 7) is 0. The Kier molecular flexibility index (Phi) is 4.04. The minimum Gasteiger partial charge on any atom is -0.478 e. The molecule has 0 bridgehead atoms. The molecule has 1 aliphatic rings. The molecular weight excluding hydrogens is 250 g/mol. The molecule has 0 saturated heterocycles. The van der Waals surface area contributed by atoms with E-state index < -0.39 is 5.97 Å². The Morgan fingerprint density at radius 2 is 2.06 bits per heavy atom. The maximum Gasteiger partial charge on any atom is 0.337 e. The molecule has 0 radical (unpaired) electrons. The SMILES string of the molecule is O=C(Nc1ccccc1C(=O)O)C1=CCCSC1. The van der Waals surface area contributed by atoms with Crippen molar-refractivity contribution >= 4 is 29.3 Å². The lowest BCUT2D eigenvalue weighted by Crippen LogP contribution is -2.19. The Morgan fingerprint density at radius 1 is 1.28 bits per heavy atom. The number of carbonyl (C=O) groups excluding carboxylic acids is 1. The van der Waals surface area contributed by atoms with Crippen LogP contribution in [0.4, 0.5) is 5.69 Å². The summed E-state index contributed by atoms with van der Waals surface area (Å²) in [5.41, 5.74) is 1.16. The lowest BCUT2D eigenvalue weighted by atomic mass is 10.1. The number of nitrogens with one attached hydrogen (secondary N) is 1. The van der Waals surface area contributed by atoms with Gasteiger partial charge < -0.3 is 10.4 Å². The van der Waals surface area contributed by atoms with Crippen LogP contribution in [0.2, 0.25) is 0 Å². The van der Waals surface area contributed by atoms with E-state index in [1.165, 1.54) is 6.07 Å². The van der Waals surface area contributed by atoms with E-state index in [1.54, 1.807) is 30.0 Å². The molecule has 5 heteroatoms. The number of allylic oxidation sites excluding steroid dienone is 1. The van der Waals surface area contributed by atoms with Gasteiger partial charge in [0.25, 0.3) is 5.91 Å². The van der Waals surface area contributed by atoms with Crippen molar-refractivity contribution in [1.82, 2.24) is 0 Å². The summed E-state index contributed by atoms with van der Waals surface area (Å²) in [5.74, 6) is 0.456.